The summed E-state index contributed by atoms with van der Waals surface area (Å²) in [6, 6.07) is 7.55. The molecule has 0 aliphatic heterocycles. The number of benzene rings is 1. The van der Waals surface area contributed by atoms with Crippen LogP contribution in [0.5, 0.6) is 5.88 Å². The Hall–Kier alpha value is -3.92. The number of hydrogen-bond acceptors (Lipinski definition) is 7. The van der Waals surface area contributed by atoms with Gasteiger partial charge in [0.05, 0.1) is 15.5 Å². The zero-order chi connectivity index (χ0) is 20.4. The molecule has 2 aromatic heterocycles. The van der Waals surface area contributed by atoms with E-state index in [0.717, 1.165) is 0 Å². The SMILES string of the molecule is O=C(O)c1ccc(-c2ccc(C=Cc3nc(O)c([N+](=O)[O-])c(=O)[nH]3)o2)cc1Cl. The normalized spacial score (nSPS) is 11.0. The number of nitrogens with zero attached hydrogens (tertiary/aromatic N) is 2. The van der Waals surface area contributed by atoms with Crippen LogP contribution in [0, 0.1) is 10.1 Å². The number of rotatable bonds is 5. The van der Waals surface area contributed by atoms with E-state index < -0.39 is 28.0 Å². The summed E-state index contributed by atoms with van der Waals surface area (Å²) in [5.41, 5.74) is -1.62. The molecule has 3 rings (SSSR count). The van der Waals surface area contributed by atoms with Crippen LogP contribution in [0.2, 0.25) is 5.02 Å². The lowest BCUT2D eigenvalue weighted by Crippen LogP contribution is -2.14. The van der Waals surface area contributed by atoms with Crippen LogP contribution in [0.3, 0.4) is 0 Å². The van der Waals surface area contributed by atoms with Crippen molar-refractivity contribution in [2.75, 3.05) is 0 Å². The van der Waals surface area contributed by atoms with Crippen LogP contribution in [0.4, 0.5) is 5.69 Å². The number of H-pyrrole nitrogens is 1. The van der Waals surface area contributed by atoms with Crippen molar-refractivity contribution in [2.24, 2.45) is 0 Å². The maximum absolute atomic E-state index is 11.6. The van der Waals surface area contributed by atoms with Gasteiger partial charge in [-0.15, -0.1) is 0 Å². The van der Waals surface area contributed by atoms with Crippen molar-refractivity contribution in [1.82, 2.24) is 9.97 Å². The number of carbonyl (C=O) groups is 1. The maximum atomic E-state index is 11.6. The van der Waals surface area contributed by atoms with E-state index in [0.29, 0.717) is 17.1 Å². The molecule has 3 aromatic rings. The van der Waals surface area contributed by atoms with Gasteiger partial charge in [0.1, 0.15) is 17.3 Å². The van der Waals surface area contributed by atoms with Crippen molar-refractivity contribution in [3.8, 4) is 17.2 Å². The summed E-state index contributed by atoms with van der Waals surface area (Å²) in [4.78, 5) is 37.9. The van der Waals surface area contributed by atoms with E-state index in [2.05, 4.69) is 9.97 Å². The van der Waals surface area contributed by atoms with Gasteiger partial charge in [-0.2, -0.15) is 4.98 Å². The second kappa shape index (κ2) is 7.37. The quantitative estimate of drug-likeness (QED) is 0.432. The molecule has 0 amide bonds. The third kappa shape index (κ3) is 3.76. The maximum Gasteiger partial charge on any atom is 0.395 e. The van der Waals surface area contributed by atoms with Crippen LogP contribution >= 0.6 is 11.6 Å². The fraction of sp³-hybridized carbons (Fsp3) is 0. The topological polar surface area (TPSA) is 160 Å². The first kappa shape index (κ1) is 18.9. The molecule has 28 heavy (non-hydrogen) atoms. The van der Waals surface area contributed by atoms with Crippen molar-refractivity contribution in [1.29, 1.82) is 0 Å². The fourth-order valence-electron chi connectivity index (χ4n) is 2.32. The highest BCUT2D eigenvalue weighted by Gasteiger charge is 2.21. The molecular weight excluding hydrogens is 394 g/mol. The zero-order valence-electron chi connectivity index (χ0n) is 13.7. The predicted octanol–water partition coefficient (Wildman–Crippen LogP) is 3.17. The van der Waals surface area contributed by atoms with Gasteiger partial charge in [0, 0.05) is 5.56 Å². The van der Waals surface area contributed by atoms with E-state index in [1.807, 2.05) is 0 Å². The summed E-state index contributed by atoms with van der Waals surface area (Å²) >= 11 is 5.94. The summed E-state index contributed by atoms with van der Waals surface area (Å²) in [5, 5.41) is 29.2. The van der Waals surface area contributed by atoms with Gasteiger partial charge in [-0.3, -0.25) is 14.9 Å². The number of aromatic amines is 1. The number of aromatic hydroxyl groups is 1. The highest BCUT2D eigenvalue weighted by atomic mass is 35.5. The molecule has 2 heterocycles. The van der Waals surface area contributed by atoms with Gasteiger partial charge in [0.15, 0.2) is 0 Å². The Morgan fingerprint density at radius 2 is 2.04 bits per heavy atom. The van der Waals surface area contributed by atoms with Crippen LogP contribution in [0.25, 0.3) is 23.5 Å². The highest BCUT2D eigenvalue weighted by molar-refractivity contribution is 6.33. The van der Waals surface area contributed by atoms with Gasteiger partial charge >= 0.3 is 17.2 Å². The summed E-state index contributed by atoms with van der Waals surface area (Å²) in [6.07, 6.45) is 2.70. The Kier molecular flexibility index (Phi) is 4.96. The first-order valence-corrected chi connectivity index (χ1v) is 7.93. The van der Waals surface area contributed by atoms with E-state index >= 15 is 0 Å². The molecule has 11 heteroatoms. The average molecular weight is 404 g/mol. The van der Waals surface area contributed by atoms with Crippen LogP contribution in [-0.4, -0.2) is 31.1 Å². The van der Waals surface area contributed by atoms with Gasteiger partial charge in [-0.1, -0.05) is 17.7 Å². The van der Waals surface area contributed by atoms with E-state index in [4.69, 9.17) is 21.1 Å². The summed E-state index contributed by atoms with van der Waals surface area (Å²) in [6.45, 7) is 0. The van der Waals surface area contributed by atoms with Gasteiger partial charge < -0.3 is 19.6 Å². The number of hydrogen-bond donors (Lipinski definition) is 3. The second-order valence-electron chi connectivity index (χ2n) is 5.42. The number of aromatic nitrogens is 2. The van der Waals surface area contributed by atoms with E-state index in [9.17, 15) is 24.8 Å². The predicted molar refractivity (Wildman–Crippen MR) is 98.2 cm³/mol. The second-order valence-corrected chi connectivity index (χ2v) is 5.82. The van der Waals surface area contributed by atoms with Crippen LogP contribution in [-0.2, 0) is 0 Å². The molecule has 0 aliphatic rings. The van der Waals surface area contributed by atoms with Crippen LogP contribution in [0.1, 0.15) is 21.9 Å². The molecule has 10 nitrogen and oxygen atoms in total. The molecule has 0 aliphatic carbocycles. The van der Waals surface area contributed by atoms with E-state index in [1.165, 1.54) is 30.4 Å². The standard InChI is InChI=1S/C17H10ClN3O7/c18-11-7-8(1-4-10(11)17(24)25)12-5-2-9(28-12)3-6-13-19-15(22)14(21(26)27)16(23)20-13/h1-7H,(H,24,25)(H2,19,20,22,23). The number of carboxylic acids is 1. The summed E-state index contributed by atoms with van der Waals surface area (Å²) < 4.78 is 5.59. The molecule has 0 saturated heterocycles. The Balaban J connectivity index is 1.85. The van der Waals surface area contributed by atoms with Crippen LogP contribution < -0.4 is 5.56 Å². The molecule has 1 aromatic carbocycles. The number of nitrogens with one attached hydrogen (secondary N) is 1. The third-order valence-electron chi connectivity index (χ3n) is 3.59. The molecule has 0 saturated carbocycles. The Bertz CT molecular complexity index is 1180. The first-order chi connectivity index (χ1) is 13.3. The minimum atomic E-state index is -1.15. The molecule has 0 bridgehead atoms. The number of carboxylic acid groups (broad SMARTS) is 1. The third-order valence-corrected chi connectivity index (χ3v) is 3.91. The molecule has 0 atom stereocenters. The number of furan rings is 1. The van der Waals surface area contributed by atoms with Gasteiger partial charge in [-0.05, 0) is 36.4 Å². The molecular formula is C17H10ClN3O7. The van der Waals surface area contributed by atoms with Crippen LogP contribution in [0.15, 0.2) is 39.5 Å². The molecule has 0 unspecified atom stereocenters. The first-order valence-electron chi connectivity index (χ1n) is 7.55. The Morgan fingerprint density at radius 1 is 1.29 bits per heavy atom. The molecule has 0 radical (unpaired) electrons. The molecule has 142 valence electrons. The summed E-state index contributed by atoms with van der Waals surface area (Å²) in [5.74, 6) is -1.51. The van der Waals surface area contributed by atoms with Crippen molar-refractivity contribution in [3.05, 3.63) is 73.0 Å². The van der Waals surface area contributed by atoms with E-state index in [-0.39, 0.29) is 16.4 Å². The Morgan fingerprint density at radius 3 is 2.64 bits per heavy atom. The smallest absolute Gasteiger partial charge is 0.395 e. The van der Waals surface area contributed by atoms with Gasteiger partial charge in [0.2, 0.25) is 0 Å². The van der Waals surface area contributed by atoms with Crippen molar-refractivity contribution < 1.29 is 24.3 Å². The molecule has 0 spiro atoms. The number of nitro groups is 1. The minimum Gasteiger partial charge on any atom is -0.488 e. The van der Waals surface area contributed by atoms with Gasteiger partial charge in [-0.25, -0.2) is 4.79 Å². The lowest BCUT2D eigenvalue weighted by Gasteiger charge is -2.01. The lowest BCUT2D eigenvalue weighted by atomic mass is 10.1. The highest BCUT2D eigenvalue weighted by Crippen LogP contribution is 2.28. The zero-order valence-corrected chi connectivity index (χ0v) is 14.5. The largest absolute Gasteiger partial charge is 0.488 e. The van der Waals surface area contributed by atoms with Crippen molar-refractivity contribution in [2.45, 2.75) is 0 Å². The molecule has 3 N–H and O–H groups in total. The molecule has 0 fully saturated rings. The minimum absolute atomic E-state index is 0.0369. The van der Waals surface area contributed by atoms with Crippen molar-refractivity contribution in [3.63, 3.8) is 0 Å². The lowest BCUT2D eigenvalue weighted by molar-refractivity contribution is -0.387. The van der Waals surface area contributed by atoms with Crippen molar-refractivity contribution >= 4 is 35.4 Å². The van der Waals surface area contributed by atoms with Gasteiger partial charge in [0.25, 0.3) is 5.88 Å². The fourth-order valence-corrected chi connectivity index (χ4v) is 2.58. The number of halogens is 1. The monoisotopic (exact) mass is 403 g/mol. The Labute approximate surface area is 160 Å². The summed E-state index contributed by atoms with van der Waals surface area (Å²) in [7, 11) is 0. The average Bonchev–Trinajstić information content (AvgIpc) is 3.07. The van der Waals surface area contributed by atoms with E-state index in [1.54, 1.807) is 12.1 Å². The number of aromatic carboxylic acids is 1.